The molecule has 1 N–H and O–H groups in total. The van der Waals surface area contributed by atoms with E-state index in [4.69, 9.17) is 4.74 Å². The second-order valence-corrected chi connectivity index (χ2v) is 7.10. The zero-order valence-corrected chi connectivity index (χ0v) is 14.7. The SMILES string of the molecule is CCCCOc1nc(Br)cnc1NS(=O)(=O)c1ccc(F)cc1. The lowest BCUT2D eigenvalue weighted by molar-refractivity contribution is 0.298. The van der Waals surface area contributed by atoms with Crippen LogP contribution in [0, 0.1) is 5.82 Å². The molecule has 0 atom stereocenters. The smallest absolute Gasteiger partial charge is 0.263 e. The molecule has 0 aliphatic carbocycles. The summed E-state index contributed by atoms with van der Waals surface area (Å²) in [5.74, 6) is -0.455. The fourth-order valence-electron chi connectivity index (χ4n) is 1.64. The quantitative estimate of drug-likeness (QED) is 0.716. The Morgan fingerprint density at radius 2 is 2.00 bits per heavy atom. The lowest BCUT2D eigenvalue weighted by atomic mass is 10.4. The van der Waals surface area contributed by atoms with Crippen LogP contribution in [0.5, 0.6) is 5.88 Å². The Morgan fingerprint density at radius 1 is 1.30 bits per heavy atom. The van der Waals surface area contributed by atoms with Crippen LogP contribution in [0.25, 0.3) is 0 Å². The molecule has 1 aromatic heterocycles. The van der Waals surface area contributed by atoms with Crippen molar-refractivity contribution in [3.63, 3.8) is 0 Å². The first-order valence-electron chi connectivity index (χ1n) is 6.86. The van der Waals surface area contributed by atoms with Crippen molar-refractivity contribution in [2.45, 2.75) is 24.7 Å². The molecule has 2 rings (SSSR count). The van der Waals surface area contributed by atoms with Crippen LogP contribution in [0.3, 0.4) is 0 Å². The molecule has 124 valence electrons. The summed E-state index contributed by atoms with van der Waals surface area (Å²) < 4.78 is 45.7. The molecule has 9 heteroatoms. The van der Waals surface area contributed by atoms with Crippen LogP contribution in [-0.2, 0) is 10.0 Å². The fourth-order valence-corrected chi connectivity index (χ4v) is 2.91. The van der Waals surface area contributed by atoms with Gasteiger partial charge in [-0.05, 0) is 46.6 Å². The lowest BCUT2D eigenvalue weighted by Crippen LogP contribution is -2.16. The Kier molecular flexibility index (Phi) is 5.89. The van der Waals surface area contributed by atoms with E-state index in [0.29, 0.717) is 11.2 Å². The number of hydrogen-bond donors (Lipinski definition) is 1. The molecule has 1 heterocycles. The Balaban J connectivity index is 2.26. The molecule has 1 aromatic carbocycles. The van der Waals surface area contributed by atoms with Gasteiger partial charge in [-0.3, -0.25) is 4.72 Å². The highest BCUT2D eigenvalue weighted by molar-refractivity contribution is 9.10. The third-order valence-corrected chi connectivity index (χ3v) is 4.54. The van der Waals surface area contributed by atoms with E-state index in [1.54, 1.807) is 0 Å². The number of anilines is 1. The van der Waals surface area contributed by atoms with Crippen LogP contribution in [0.15, 0.2) is 40.0 Å². The molecule has 0 aliphatic heterocycles. The van der Waals surface area contributed by atoms with E-state index in [1.807, 2.05) is 6.92 Å². The van der Waals surface area contributed by atoms with E-state index in [1.165, 1.54) is 18.3 Å². The van der Waals surface area contributed by atoms with Crippen LogP contribution >= 0.6 is 15.9 Å². The average Bonchev–Trinajstić information content (AvgIpc) is 2.50. The number of benzene rings is 1. The number of aromatic nitrogens is 2. The Labute approximate surface area is 142 Å². The van der Waals surface area contributed by atoms with Gasteiger partial charge in [0.05, 0.1) is 17.7 Å². The van der Waals surface area contributed by atoms with Crippen molar-refractivity contribution in [2.24, 2.45) is 0 Å². The van der Waals surface area contributed by atoms with Gasteiger partial charge in [0, 0.05) is 0 Å². The summed E-state index contributed by atoms with van der Waals surface area (Å²) in [6.07, 6.45) is 3.09. The summed E-state index contributed by atoms with van der Waals surface area (Å²) in [6, 6.07) is 4.48. The van der Waals surface area contributed by atoms with Gasteiger partial charge in [0.1, 0.15) is 10.4 Å². The number of unbranched alkanes of at least 4 members (excludes halogenated alkanes) is 1. The molecule has 2 aromatic rings. The van der Waals surface area contributed by atoms with Crippen molar-refractivity contribution in [3.05, 3.63) is 40.9 Å². The number of ether oxygens (including phenoxy) is 1. The first-order valence-corrected chi connectivity index (χ1v) is 9.13. The molecule has 0 saturated heterocycles. The number of nitrogens with zero attached hydrogens (tertiary/aromatic N) is 2. The number of hydrogen-bond acceptors (Lipinski definition) is 5. The van der Waals surface area contributed by atoms with Crippen LogP contribution in [0.1, 0.15) is 19.8 Å². The standard InChI is InChI=1S/C14H15BrFN3O3S/c1-2-3-8-22-14-13(17-9-12(15)18-14)19-23(20,21)11-6-4-10(16)5-7-11/h4-7,9H,2-3,8H2,1H3,(H,17,19). The van der Waals surface area contributed by atoms with Gasteiger partial charge in [-0.1, -0.05) is 13.3 Å². The third-order valence-electron chi connectivity index (χ3n) is 2.80. The van der Waals surface area contributed by atoms with Crippen molar-refractivity contribution >= 4 is 31.8 Å². The molecule has 0 amide bonds. The second kappa shape index (κ2) is 7.69. The van der Waals surface area contributed by atoms with Crippen LogP contribution in [0.2, 0.25) is 0 Å². The molecule has 0 saturated carbocycles. The van der Waals surface area contributed by atoms with Gasteiger partial charge in [0.15, 0.2) is 0 Å². The largest absolute Gasteiger partial charge is 0.475 e. The lowest BCUT2D eigenvalue weighted by Gasteiger charge is -2.12. The van der Waals surface area contributed by atoms with Crippen LogP contribution in [-0.4, -0.2) is 25.0 Å². The minimum atomic E-state index is -3.91. The number of rotatable bonds is 7. The van der Waals surface area contributed by atoms with Gasteiger partial charge in [0.25, 0.3) is 15.9 Å². The van der Waals surface area contributed by atoms with Crippen LogP contribution in [0.4, 0.5) is 10.2 Å². The van der Waals surface area contributed by atoms with Gasteiger partial charge < -0.3 is 4.74 Å². The maximum Gasteiger partial charge on any atom is 0.263 e. The first-order chi connectivity index (χ1) is 10.9. The van der Waals surface area contributed by atoms with Crippen molar-refractivity contribution in [1.29, 1.82) is 0 Å². The Morgan fingerprint density at radius 3 is 2.65 bits per heavy atom. The summed E-state index contributed by atoms with van der Waals surface area (Å²) in [7, 11) is -3.91. The van der Waals surface area contributed by atoms with E-state index in [-0.39, 0.29) is 16.6 Å². The predicted molar refractivity (Wildman–Crippen MR) is 87.3 cm³/mol. The molecule has 0 radical (unpaired) electrons. The summed E-state index contributed by atoms with van der Waals surface area (Å²) in [6.45, 7) is 2.40. The van der Waals surface area contributed by atoms with Crippen molar-refractivity contribution in [2.75, 3.05) is 11.3 Å². The van der Waals surface area contributed by atoms with Gasteiger partial charge in [0.2, 0.25) is 5.82 Å². The van der Waals surface area contributed by atoms with Gasteiger partial charge in [-0.15, -0.1) is 0 Å². The van der Waals surface area contributed by atoms with E-state index < -0.39 is 15.8 Å². The Bertz CT molecular complexity index is 769. The predicted octanol–water partition coefficient (Wildman–Crippen LogP) is 3.36. The highest BCUT2D eigenvalue weighted by Crippen LogP contribution is 2.24. The maximum atomic E-state index is 12.9. The average molecular weight is 404 g/mol. The summed E-state index contributed by atoms with van der Waals surface area (Å²) in [5.41, 5.74) is 0. The normalized spacial score (nSPS) is 11.3. The number of nitrogens with one attached hydrogen (secondary N) is 1. The zero-order valence-electron chi connectivity index (χ0n) is 12.3. The minimum Gasteiger partial charge on any atom is -0.475 e. The van der Waals surface area contributed by atoms with Gasteiger partial charge >= 0.3 is 0 Å². The zero-order chi connectivity index (χ0) is 16.9. The summed E-state index contributed by atoms with van der Waals surface area (Å²) in [5, 5.41) is 0. The summed E-state index contributed by atoms with van der Waals surface area (Å²) in [4.78, 5) is 7.99. The second-order valence-electron chi connectivity index (χ2n) is 4.61. The molecular formula is C14H15BrFN3O3S. The van der Waals surface area contributed by atoms with E-state index >= 15 is 0 Å². The van der Waals surface area contributed by atoms with Crippen molar-refractivity contribution < 1.29 is 17.5 Å². The first kappa shape index (κ1) is 17.6. The number of sulfonamides is 1. The molecule has 0 spiro atoms. The molecule has 0 aliphatic rings. The van der Waals surface area contributed by atoms with E-state index in [2.05, 4.69) is 30.6 Å². The van der Waals surface area contributed by atoms with Crippen molar-refractivity contribution in [3.8, 4) is 5.88 Å². The van der Waals surface area contributed by atoms with E-state index in [0.717, 1.165) is 25.0 Å². The number of halogens is 2. The fraction of sp³-hybridized carbons (Fsp3) is 0.286. The molecule has 6 nitrogen and oxygen atoms in total. The monoisotopic (exact) mass is 403 g/mol. The third kappa shape index (κ3) is 4.87. The van der Waals surface area contributed by atoms with Crippen LogP contribution < -0.4 is 9.46 Å². The minimum absolute atomic E-state index is 0.0198. The molecular weight excluding hydrogens is 389 g/mol. The van der Waals surface area contributed by atoms with E-state index in [9.17, 15) is 12.8 Å². The molecule has 0 unspecified atom stereocenters. The van der Waals surface area contributed by atoms with Gasteiger partial charge in [-0.25, -0.2) is 22.8 Å². The Hall–Kier alpha value is -1.74. The molecule has 23 heavy (non-hydrogen) atoms. The molecule has 0 fully saturated rings. The highest BCUT2D eigenvalue weighted by Gasteiger charge is 2.19. The topological polar surface area (TPSA) is 81.2 Å². The maximum absolute atomic E-state index is 12.9. The summed E-state index contributed by atoms with van der Waals surface area (Å²) >= 11 is 3.17. The van der Waals surface area contributed by atoms with Gasteiger partial charge in [-0.2, -0.15) is 0 Å². The molecule has 0 bridgehead atoms. The highest BCUT2D eigenvalue weighted by atomic mass is 79.9. The van der Waals surface area contributed by atoms with Crippen molar-refractivity contribution in [1.82, 2.24) is 9.97 Å².